The van der Waals surface area contributed by atoms with Gasteiger partial charge >= 0.3 is 24.7 Å². The SMILES string of the molecule is O=C(O)Cn1cc(Cc2cc(C(F)(F)F)cc(C(F)(F)F)c2)c2cc(-c3ccc(OC(F)(F)F)cc3)ccc21. The van der Waals surface area contributed by atoms with Gasteiger partial charge in [-0.3, -0.25) is 4.79 Å². The highest BCUT2D eigenvalue weighted by Gasteiger charge is 2.37. The van der Waals surface area contributed by atoms with Gasteiger partial charge in [0.1, 0.15) is 12.3 Å². The Labute approximate surface area is 213 Å². The summed E-state index contributed by atoms with van der Waals surface area (Å²) in [5.41, 5.74) is -1.79. The number of carboxylic acid groups (broad SMARTS) is 1. The van der Waals surface area contributed by atoms with E-state index in [1.54, 1.807) is 6.07 Å². The number of aromatic nitrogens is 1. The van der Waals surface area contributed by atoms with E-state index in [9.17, 15) is 49.4 Å². The van der Waals surface area contributed by atoms with E-state index in [1.165, 1.54) is 35.0 Å². The van der Waals surface area contributed by atoms with Crippen LogP contribution in [0.3, 0.4) is 0 Å². The molecule has 1 heterocycles. The summed E-state index contributed by atoms with van der Waals surface area (Å²) in [6.07, 6.45) is -14.0. The number of ether oxygens (including phenoxy) is 1. The molecule has 0 aliphatic heterocycles. The summed E-state index contributed by atoms with van der Waals surface area (Å²) in [7, 11) is 0. The number of carbonyl (C=O) groups is 1. The molecule has 0 saturated carbocycles. The largest absolute Gasteiger partial charge is 0.573 e. The molecule has 0 atom stereocenters. The number of carboxylic acids is 1. The minimum atomic E-state index is -5.04. The van der Waals surface area contributed by atoms with Crippen molar-refractivity contribution in [3.63, 3.8) is 0 Å². The van der Waals surface area contributed by atoms with E-state index < -0.39 is 54.5 Å². The topological polar surface area (TPSA) is 51.5 Å². The average Bonchev–Trinajstić information content (AvgIpc) is 3.13. The average molecular weight is 561 g/mol. The van der Waals surface area contributed by atoms with Crippen LogP contribution >= 0.6 is 0 Å². The van der Waals surface area contributed by atoms with Gasteiger partial charge in [-0.25, -0.2) is 0 Å². The maximum Gasteiger partial charge on any atom is 0.573 e. The van der Waals surface area contributed by atoms with Crippen molar-refractivity contribution < 1.29 is 54.2 Å². The first-order valence-electron chi connectivity index (χ1n) is 11.0. The van der Waals surface area contributed by atoms with Gasteiger partial charge in [-0.1, -0.05) is 18.2 Å². The predicted octanol–water partition coefficient (Wildman–Crippen LogP) is 7.92. The van der Waals surface area contributed by atoms with E-state index in [1.807, 2.05) is 0 Å². The third-order valence-electron chi connectivity index (χ3n) is 5.73. The molecular weight excluding hydrogens is 545 g/mol. The fraction of sp³-hybridized carbons (Fsp3) is 0.192. The lowest BCUT2D eigenvalue weighted by molar-refractivity contribution is -0.274. The molecule has 1 N–H and O–H groups in total. The van der Waals surface area contributed by atoms with Crippen molar-refractivity contribution in [3.8, 4) is 16.9 Å². The minimum Gasteiger partial charge on any atom is -0.480 e. The molecule has 206 valence electrons. The van der Waals surface area contributed by atoms with Gasteiger partial charge < -0.3 is 14.4 Å². The third-order valence-corrected chi connectivity index (χ3v) is 5.73. The molecular formula is C26H16F9NO3. The van der Waals surface area contributed by atoms with Crippen LogP contribution in [0.4, 0.5) is 39.5 Å². The van der Waals surface area contributed by atoms with Crippen molar-refractivity contribution in [1.82, 2.24) is 4.57 Å². The maximum atomic E-state index is 13.3. The summed E-state index contributed by atoms with van der Waals surface area (Å²) in [5.74, 6) is -1.70. The van der Waals surface area contributed by atoms with Crippen molar-refractivity contribution in [2.75, 3.05) is 0 Å². The fourth-order valence-electron chi connectivity index (χ4n) is 4.16. The molecule has 0 bridgehead atoms. The van der Waals surface area contributed by atoms with Crippen molar-refractivity contribution in [2.45, 2.75) is 31.7 Å². The van der Waals surface area contributed by atoms with Crippen LogP contribution < -0.4 is 4.74 Å². The van der Waals surface area contributed by atoms with Crippen LogP contribution in [0.15, 0.2) is 66.9 Å². The smallest absolute Gasteiger partial charge is 0.480 e. The summed E-state index contributed by atoms with van der Waals surface area (Å²) in [6.45, 7) is -0.532. The lowest BCUT2D eigenvalue weighted by Crippen LogP contribution is -2.16. The maximum absolute atomic E-state index is 13.3. The Hall–Kier alpha value is -4.16. The molecule has 39 heavy (non-hydrogen) atoms. The Balaban J connectivity index is 1.79. The number of aliphatic carboxylic acids is 1. The number of nitrogens with zero attached hydrogens (tertiary/aromatic N) is 1. The number of benzene rings is 3. The molecule has 0 spiro atoms. The number of alkyl halides is 9. The van der Waals surface area contributed by atoms with Crippen LogP contribution in [0.5, 0.6) is 5.75 Å². The molecule has 0 fully saturated rings. The first-order valence-corrected chi connectivity index (χ1v) is 11.0. The van der Waals surface area contributed by atoms with Crippen LogP contribution in [-0.4, -0.2) is 22.0 Å². The standard InChI is InChI=1S/C26H16F9NO3/c27-24(28,29)18-8-14(9-19(11-18)25(30,31)32)7-17-12-36(13-23(37)38)22-6-3-16(10-21(17)22)15-1-4-20(5-2-15)39-26(33,34)35/h1-6,8-12H,7,13H2,(H,37,38). The molecule has 4 nitrogen and oxygen atoms in total. The van der Waals surface area contributed by atoms with Gasteiger partial charge in [0.15, 0.2) is 0 Å². The molecule has 0 radical (unpaired) electrons. The van der Waals surface area contributed by atoms with Crippen LogP contribution in [0.1, 0.15) is 22.3 Å². The van der Waals surface area contributed by atoms with E-state index in [0.29, 0.717) is 34.2 Å². The van der Waals surface area contributed by atoms with Gasteiger partial charge in [0.2, 0.25) is 0 Å². The zero-order chi connectivity index (χ0) is 28.8. The zero-order valence-electron chi connectivity index (χ0n) is 19.4. The molecule has 4 aromatic rings. The van der Waals surface area contributed by atoms with Gasteiger partial charge in [0, 0.05) is 17.1 Å². The van der Waals surface area contributed by atoms with Gasteiger partial charge in [-0.2, -0.15) is 26.3 Å². The monoisotopic (exact) mass is 561 g/mol. The first kappa shape index (κ1) is 27.9. The zero-order valence-corrected chi connectivity index (χ0v) is 19.4. The summed E-state index contributed by atoms with van der Waals surface area (Å²) in [6, 6.07) is 10.6. The first-order chi connectivity index (χ1) is 18.0. The second-order valence-corrected chi connectivity index (χ2v) is 8.57. The van der Waals surface area contributed by atoms with Crippen molar-refractivity contribution >= 4 is 16.9 Å². The highest BCUT2D eigenvalue weighted by atomic mass is 19.4. The van der Waals surface area contributed by atoms with E-state index in [2.05, 4.69) is 4.74 Å². The number of hydrogen-bond acceptors (Lipinski definition) is 2. The Morgan fingerprint density at radius 3 is 1.85 bits per heavy atom. The minimum absolute atomic E-state index is 0.0154. The summed E-state index contributed by atoms with van der Waals surface area (Å²) >= 11 is 0. The molecule has 0 aliphatic rings. The summed E-state index contributed by atoms with van der Waals surface area (Å²) in [4.78, 5) is 11.3. The van der Waals surface area contributed by atoms with Crippen LogP contribution in [-0.2, 0) is 30.1 Å². The van der Waals surface area contributed by atoms with Gasteiger partial charge in [-0.15, -0.1) is 13.2 Å². The Kier molecular flexibility index (Phi) is 7.04. The van der Waals surface area contributed by atoms with E-state index in [-0.39, 0.29) is 17.2 Å². The Morgan fingerprint density at radius 1 is 0.769 bits per heavy atom. The highest BCUT2D eigenvalue weighted by Crippen LogP contribution is 2.38. The predicted molar refractivity (Wildman–Crippen MR) is 121 cm³/mol. The Morgan fingerprint density at radius 2 is 1.33 bits per heavy atom. The molecule has 0 amide bonds. The fourth-order valence-corrected chi connectivity index (χ4v) is 4.16. The van der Waals surface area contributed by atoms with Crippen LogP contribution in [0, 0.1) is 0 Å². The second kappa shape index (κ2) is 9.86. The van der Waals surface area contributed by atoms with Crippen LogP contribution in [0.2, 0.25) is 0 Å². The van der Waals surface area contributed by atoms with Gasteiger partial charge in [0.25, 0.3) is 0 Å². The molecule has 13 heteroatoms. The number of fused-ring (bicyclic) bond motifs is 1. The lowest BCUT2D eigenvalue weighted by Gasteiger charge is -2.14. The number of halogens is 9. The molecule has 1 aromatic heterocycles. The van der Waals surface area contributed by atoms with E-state index >= 15 is 0 Å². The van der Waals surface area contributed by atoms with Crippen LogP contribution in [0.25, 0.3) is 22.0 Å². The van der Waals surface area contributed by atoms with E-state index in [0.717, 1.165) is 12.1 Å². The summed E-state index contributed by atoms with van der Waals surface area (Å²) in [5, 5.41) is 9.60. The number of hydrogen-bond donors (Lipinski definition) is 1. The van der Waals surface area contributed by atoms with Gasteiger partial charge in [-0.05, 0) is 71.1 Å². The Bertz CT molecular complexity index is 1480. The molecule has 4 rings (SSSR count). The quantitative estimate of drug-likeness (QED) is 0.244. The van der Waals surface area contributed by atoms with Crippen molar-refractivity contribution in [2.24, 2.45) is 0 Å². The van der Waals surface area contributed by atoms with Crippen molar-refractivity contribution in [3.05, 3.63) is 89.1 Å². The lowest BCUT2D eigenvalue weighted by atomic mass is 9.97. The van der Waals surface area contributed by atoms with Gasteiger partial charge in [0.05, 0.1) is 11.1 Å². The molecule has 0 aliphatic carbocycles. The number of rotatable bonds is 6. The molecule has 3 aromatic carbocycles. The summed E-state index contributed by atoms with van der Waals surface area (Å²) < 4.78 is 122. The highest BCUT2D eigenvalue weighted by molar-refractivity contribution is 5.90. The second-order valence-electron chi connectivity index (χ2n) is 8.57. The van der Waals surface area contributed by atoms with E-state index in [4.69, 9.17) is 0 Å². The van der Waals surface area contributed by atoms with Crippen molar-refractivity contribution in [1.29, 1.82) is 0 Å². The molecule has 0 unspecified atom stereocenters. The third kappa shape index (κ3) is 6.65. The molecule has 0 saturated heterocycles. The normalized spacial score (nSPS) is 12.6.